The molecule has 5 nitrogen and oxygen atoms in total. The number of rotatable bonds is 8. The molecule has 0 atom stereocenters. The second-order valence-corrected chi connectivity index (χ2v) is 20.1. The molecule has 0 aliphatic carbocycles. The number of fused-ring (bicyclic) bond motifs is 11. The van der Waals surface area contributed by atoms with E-state index < -0.39 is 0 Å². The molecule has 0 unspecified atom stereocenters. The van der Waals surface area contributed by atoms with Crippen molar-refractivity contribution in [3.05, 3.63) is 261 Å². The van der Waals surface area contributed by atoms with Gasteiger partial charge >= 0.3 is 0 Å². The first-order valence-corrected chi connectivity index (χ1v) is 26.2. The van der Waals surface area contributed by atoms with E-state index in [0.717, 1.165) is 55.8 Å². The number of aromatic nitrogens is 5. The molecule has 0 spiro atoms. The van der Waals surface area contributed by atoms with Crippen molar-refractivity contribution < 1.29 is 0 Å². The van der Waals surface area contributed by atoms with E-state index in [4.69, 9.17) is 15.0 Å². The van der Waals surface area contributed by atoms with Gasteiger partial charge in [0, 0.05) is 60.3 Å². The van der Waals surface area contributed by atoms with Gasteiger partial charge in [0.2, 0.25) is 0 Å². The molecular formula is C69H43N5S. The Hall–Kier alpha value is -9.75. The summed E-state index contributed by atoms with van der Waals surface area (Å²) >= 11 is 1.90. The Balaban J connectivity index is 0.931. The standard InChI is InChI=1S/C69H43N5S/c1-4-20-44(21-5-1)49-26-10-12-31-58(49)68-70-67(71-69(72-68)59-32-13-11-27-50(59)45-22-6-2-7-23-45)47-36-38-48(39-37-47)73-61-34-18-15-29-52(61)54-40-42-56-57-43-41-55-53-30-16-19-35-62(53)74(64(55)66(57)75-65(56)63(54)73)60-33-17-14-28-51(60)46-24-8-3-9-25-46/h1-43H. The van der Waals surface area contributed by atoms with E-state index in [-0.39, 0.29) is 0 Å². The molecule has 0 saturated carbocycles. The lowest BCUT2D eigenvalue weighted by Gasteiger charge is -2.14. The molecule has 4 aromatic heterocycles. The highest BCUT2D eigenvalue weighted by Gasteiger charge is 2.24. The molecule has 0 N–H and O–H groups in total. The van der Waals surface area contributed by atoms with Crippen molar-refractivity contribution in [2.24, 2.45) is 0 Å². The summed E-state index contributed by atoms with van der Waals surface area (Å²) in [6, 6.07) is 93.1. The van der Waals surface area contributed by atoms with Gasteiger partial charge in [0.25, 0.3) is 0 Å². The largest absolute Gasteiger partial charge is 0.308 e. The molecule has 15 aromatic rings. The predicted octanol–water partition coefficient (Wildman–Crippen LogP) is 18.4. The molecule has 0 aliphatic rings. The van der Waals surface area contributed by atoms with Crippen LogP contribution in [-0.4, -0.2) is 24.1 Å². The third kappa shape index (κ3) is 6.95. The predicted molar refractivity (Wildman–Crippen MR) is 314 cm³/mol. The minimum atomic E-state index is 0.606. The van der Waals surface area contributed by atoms with Gasteiger partial charge in [0.05, 0.1) is 37.2 Å². The summed E-state index contributed by atoms with van der Waals surface area (Å²) in [4.78, 5) is 15.9. The molecule has 0 radical (unpaired) electrons. The summed E-state index contributed by atoms with van der Waals surface area (Å²) in [5, 5.41) is 7.43. The SMILES string of the molecule is c1ccc(-c2ccccc2-c2nc(-c3ccc(-n4c5ccccc5c5ccc6c7ccc8c9ccccc9n(-c9ccccc9-c9ccccc9)c8c7sc6c54)cc3)nc(-c3ccccc3-c3ccccc3)n2)cc1. The monoisotopic (exact) mass is 973 g/mol. The van der Waals surface area contributed by atoms with E-state index >= 15 is 0 Å². The van der Waals surface area contributed by atoms with Crippen LogP contribution in [0.2, 0.25) is 0 Å². The molecule has 0 aliphatic heterocycles. The lowest BCUT2D eigenvalue weighted by molar-refractivity contribution is 1.07. The fourth-order valence-corrected chi connectivity index (χ4v) is 12.8. The van der Waals surface area contributed by atoms with Crippen LogP contribution in [0.25, 0.3) is 143 Å². The second kappa shape index (κ2) is 17.5. The maximum atomic E-state index is 5.31. The van der Waals surface area contributed by atoms with Crippen LogP contribution >= 0.6 is 11.3 Å². The third-order valence-corrected chi connectivity index (χ3v) is 16.1. The summed E-state index contributed by atoms with van der Waals surface area (Å²) in [6.45, 7) is 0. The second-order valence-electron chi connectivity index (χ2n) is 19.0. The van der Waals surface area contributed by atoms with Crippen LogP contribution in [0.1, 0.15) is 0 Å². The fourth-order valence-electron chi connectivity index (χ4n) is 11.4. The highest BCUT2D eigenvalue weighted by molar-refractivity contribution is 7.27. The van der Waals surface area contributed by atoms with Gasteiger partial charge in [-0.25, -0.2) is 15.0 Å². The summed E-state index contributed by atoms with van der Waals surface area (Å²) in [7, 11) is 0. The first-order valence-electron chi connectivity index (χ1n) is 25.4. The Morgan fingerprint density at radius 2 is 0.640 bits per heavy atom. The molecule has 6 heteroatoms. The minimum absolute atomic E-state index is 0.606. The number of thiophene rings is 1. The van der Waals surface area contributed by atoms with Gasteiger partial charge in [0.1, 0.15) is 0 Å². The van der Waals surface area contributed by atoms with Gasteiger partial charge in [-0.1, -0.05) is 218 Å². The van der Waals surface area contributed by atoms with E-state index in [9.17, 15) is 0 Å². The Kier molecular flexibility index (Phi) is 10.00. The van der Waals surface area contributed by atoms with E-state index in [0.29, 0.717) is 17.5 Å². The van der Waals surface area contributed by atoms with Gasteiger partial charge in [0.15, 0.2) is 17.5 Å². The van der Waals surface area contributed by atoms with Gasteiger partial charge in [-0.2, -0.15) is 0 Å². The van der Waals surface area contributed by atoms with Crippen molar-refractivity contribution in [2.45, 2.75) is 0 Å². The molecule has 75 heavy (non-hydrogen) atoms. The van der Waals surface area contributed by atoms with Crippen LogP contribution in [0.5, 0.6) is 0 Å². The molecule has 0 amide bonds. The number of hydrogen-bond acceptors (Lipinski definition) is 4. The third-order valence-electron chi connectivity index (χ3n) is 14.8. The van der Waals surface area contributed by atoms with Crippen LogP contribution in [0, 0.1) is 0 Å². The summed E-state index contributed by atoms with van der Waals surface area (Å²) in [6.07, 6.45) is 0. The fraction of sp³-hybridized carbons (Fsp3) is 0. The average Bonchev–Trinajstić information content (AvgIpc) is 4.26. The van der Waals surface area contributed by atoms with Crippen molar-refractivity contribution in [3.63, 3.8) is 0 Å². The molecule has 350 valence electrons. The zero-order valence-corrected chi connectivity index (χ0v) is 41.3. The van der Waals surface area contributed by atoms with Crippen molar-refractivity contribution in [1.29, 1.82) is 0 Å². The molecule has 0 saturated heterocycles. The normalized spacial score (nSPS) is 11.7. The van der Waals surface area contributed by atoms with E-state index in [1.807, 2.05) is 23.5 Å². The molecule has 11 aromatic carbocycles. The maximum absolute atomic E-state index is 5.31. The van der Waals surface area contributed by atoms with Crippen molar-refractivity contribution in [1.82, 2.24) is 24.1 Å². The first kappa shape index (κ1) is 42.9. The van der Waals surface area contributed by atoms with E-state index in [1.54, 1.807) is 0 Å². The Morgan fingerprint density at radius 3 is 1.17 bits per heavy atom. The molecular weight excluding hydrogens is 931 g/mol. The van der Waals surface area contributed by atoms with Crippen molar-refractivity contribution in [3.8, 4) is 78.9 Å². The zero-order chi connectivity index (χ0) is 49.4. The first-order chi connectivity index (χ1) is 37.2. The van der Waals surface area contributed by atoms with Gasteiger partial charge in [-0.3, -0.25) is 0 Å². The topological polar surface area (TPSA) is 48.5 Å². The lowest BCUT2D eigenvalue weighted by Crippen LogP contribution is -2.02. The number of nitrogens with zero attached hydrogens (tertiary/aromatic N) is 5. The zero-order valence-electron chi connectivity index (χ0n) is 40.5. The van der Waals surface area contributed by atoms with Crippen LogP contribution in [0.4, 0.5) is 0 Å². The number of hydrogen-bond donors (Lipinski definition) is 0. The molecule has 0 fully saturated rings. The lowest BCUT2D eigenvalue weighted by atomic mass is 9.98. The highest BCUT2D eigenvalue weighted by Crippen LogP contribution is 2.48. The highest BCUT2D eigenvalue weighted by atomic mass is 32.1. The van der Waals surface area contributed by atoms with Gasteiger partial charge in [-0.05, 0) is 70.3 Å². The number of para-hydroxylation sites is 3. The minimum Gasteiger partial charge on any atom is -0.308 e. The molecule has 0 bridgehead atoms. The average molecular weight is 974 g/mol. The number of benzene rings is 11. The van der Waals surface area contributed by atoms with Gasteiger partial charge < -0.3 is 9.13 Å². The quantitative estimate of drug-likeness (QED) is 0.152. The Labute approximate surface area is 436 Å². The van der Waals surface area contributed by atoms with E-state index in [1.165, 1.54) is 69.4 Å². The maximum Gasteiger partial charge on any atom is 0.164 e. The van der Waals surface area contributed by atoms with Gasteiger partial charge in [-0.15, -0.1) is 11.3 Å². The van der Waals surface area contributed by atoms with Crippen molar-refractivity contribution in [2.75, 3.05) is 0 Å². The van der Waals surface area contributed by atoms with Crippen LogP contribution in [-0.2, 0) is 0 Å². The summed E-state index contributed by atoms with van der Waals surface area (Å²) in [5.41, 5.74) is 16.5. The molecule has 15 rings (SSSR count). The summed E-state index contributed by atoms with van der Waals surface area (Å²) < 4.78 is 7.49. The summed E-state index contributed by atoms with van der Waals surface area (Å²) in [5.74, 6) is 1.84. The Morgan fingerprint density at radius 1 is 0.253 bits per heavy atom. The Bertz CT molecular complexity index is 4590. The van der Waals surface area contributed by atoms with Crippen LogP contribution in [0.3, 0.4) is 0 Å². The van der Waals surface area contributed by atoms with E-state index in [2.05, 4.69) is 258 Å². The smallest absolute Gasteiger partial charge is 0.164 e. The van der Waals surface area contributed by atoms with Crippen LogP contribution < -0.4 is 0 Å². The van der Waals surface area contributed by atoms with Crippen molar-refractivity contribution >= 4 is 75.1 Å². The van der Waals surface area contributed by atoms with Crippen LogP contribution in [0.15, 0.2) is 261 Å². The molecule has 4 heterocycles.